The quantitative estimate of drug-likeness (QED) is 0.375. The van der Waals surface area contributed by atoms with Crippen LogP contribution in [0.15, 0.2) is 41.8 Å². The highest BCUT2D eigenvalue weighted by molar-refractivity contribution is 6.36. The molecule has 0 fully saturated rings. The van der Waals surface area contributed by atoms with E-state index in [1.807, 2.05) is 0 Å². The molecule has 0 saturated heterocycles. The summed E-state index contributed by atoms with van der Waals surface area (Å²) in [7, 11) is 2.75. The minimum absolute atomic E-state index is 0.0227. The van der Waals surface area contributed by atoms with Gasteiger partial charge in [0.2, 0.25) is 5.95 Å². The van der Waals surface area contributed by atoms with Crippen LogP contribution in [0.2, 0.25) is 10.2 Å². The molecule has 0 aliphatic heterocycles. The molecular formula is C20H15Cl2F3N8O2. The van der Waals surface area contributed by atoms with Crippen molar-refractivity contribution in [2.75, 3.05) is 5.32 Å². The van der Waals surface area contributed by atoms with Crippen LogP contribution >= 0.6 is 23.2 Å². The first-order valence-corrected chi connectivity index (χ1v) is 10.4. The molecule has 0 aliphatic carbocycles. The Hall–Kier alpha value is -3.84. The average molecular weight is 527 g/mol. The molecule has 3 N–H and O–H groups in total. The normalized spacial score (nSPS) is 12.3. The van der Waals surface area contributed by atoms with E-state index in [1.165, 1.54) is 37.3 Å². The predicted octanol–water partition coefficient (Wildman–Crippen LogP) is 3.86. The number of fused-ring (bicyclic) bond motifs is 1. The lowest BCUT2D eigenvalue weighted by Gasteiger charge is -2.13. The number of hydrogen-bond donors (Lipinski definition) is 2. The van der Waals surface area contributed by atoms with Gasteiger partial charge in [-0.3, -0.25) is 4.79 Å². The predicted molar refractivity (Wildman–Crippen MR) is 123 cm³/mol. The van der Waals surface area contributed by atoms with Gasteiger partial charge in [-0.1, -0.05) is 23.2 Å². The lowest BCUT2D eigenvalue weighted by molar-refractivity contribution is -0.138. The van der Waals surface area contributed by atoms with Gasteiger partial charge in [0.15, 0.2) is 22.3 Å². The van der Waals surface area contributed by atoms with Crippen molar-refractivity contribution in [3.8, 4) is 5.75 Å². The van der Waals surface area contributed by atoms with E-state index in [2.05, 4.69) is 25.3 Å². The van der Waals surface area contributed by atoms with E-state index in [1.54, 1.807) is 0 Å². The van der Waals surface area contributed by atoms with Crippen molar-refractivity contribution in [1.29, 1.82) is 0 Å². The van der Waals surface area contributed by atoms with E-state index in [0.717, 1.165) is 10.8 Å². The first-order chi connectivity index (χ1) is 16.5. The first-order valence-electron chi connectivity index (χ1n) is 9.63. The molecule has 0 aliphatic rings. The maximum absolute atomic E-state index is 13.2. The third kappa shape index (κ3) is 4.59. The zero-order valence-corrected chi connectivity index (χ0v) is 19.4. The van der Waals surface area contributed by atoms with Crippen LogP contribution in [0.25, 0.3) is 16.9 Å². The second kappa shape index (κ2) is 9.07. The molecule has 15 heteroatoms. The second-order valence-corrected chi connectivity index (χ2v) is 7.85. The highest BCUT2D eigenvalue weighted by Crippen LogP contribution is 2.36. The molecule has 0 unspecified atom stereocenters. The molecule has 4 rings (SSSR count). The van der Waals surface area contributed by atoms with Crippen molar-refractivity contribution >= 4 is 51.8 Å². The van der Waals surface area contributed by atoms with E-state index in [9.17, 15) is 18.0 Å². The van der Waals surface area contributed by atoms with Crippen molar-refractivity contribution in [3.63, 3.8) is 0 Å². The molecule has 4 aromatic heterocycles. The highest BCUT2D eigenvalue weighted by atomic mass is 35.5. The fourth-order valence-electron chi connectivity index (χ4n) is 3.14. The molecule has 182 valence electrons. The van der Waals surface area contributed by atoms with E-state index in [0.29, 0.717) is 12.3 Å². The maximum atomic E-state index is 13.2. The molecule has 0 amide bonds. The van der Waals surface area contributed by atoms with Crippen molar-refractivity contribution in [2.24, 2.45) is 19.8 Å². The van der Waals surface area contributed by atoms with Gasteiger partial charge >= 0.3 is 6.18 Å². The molecule has 0 bridgehead atoms. The van der Waals surface area contributed by atoms with Gasteiger partial charge < -0.3 is 24.9 Å². The maximum Gasteiger partial charge on any atom is 0.417 e. The topological polar surface area (TPSA) is 126 Å². The van der Waals surface area contributed by atoms with Crippen molar-refractivity contribution < 1.29 is 17.9 Å². The number of aromatic nitrogens is 6. The van der Waals surface area contributed by atoms with Crippen LogP contribution in [0.4, 0.5) is 24.8 Å². The number of aryl methyl sites for hydroxylation is 2. The summed E-state index contributed by atoms with van der Waals surface area (Å²) in [6.45, 7) is 0. The number of nitrogens with zero attached hydrogens (tertiary/aromatic N) is 6. The Kier molecular flexibility index (Phi) is 6.30. The van der Waals surface area contributed by atoms with Gasteiger partial charge in [-0.25, -0.2) is 15.0 Å². The number of imidazole rings is 1. The summed E-state index contributed by atoms with van der Waals surface area (Å²) in [5, 5.41) is 2.74. The average Bonchev–Trinajstić information content (AvgIpc) is 3.12. The standard InChI is InChI=1S/C20H15Cl2F3N8O2/c1-32-8-9(20(23,24)25)5-10(18(32)34)30-19-31-17-15(33(19)2)13(21)12(7-29-17)35-11(6-26)14-16(22)28-4-3-27-14/h3-8H,26H2,1-2H3,(H,29,30,31). The zero-order chi connectivity index (χ0) is 25.5. The largest absolute Gasteiger partial charge is 0.450 e. The van der Waals surface area contributed by atoms with Crippen LogP contribution < -0.4 is 21.3 Å². The molecule has 4 heterocycles. The second-order valence-electron chi connectivity index (χ2n) is 7.11. The summed E-state index contributed by atoms with van der Waals surface area (Å²) in [6.07, 6.45) is 1.24. The van der Waals surface area contributed by atoms with Crippen molar-refractivity contribution in [1.82, 2.24) is 29.1 Å². The van der Waals surface area contributed by atoms with Crippen LogP contribution in [0, 0.1) is 0 Å². The van der Waals surface area contributed by atoms with Gasteiger partial charge in [-0.15, -0.1) is 0 Å². The third-order valence-corrected chi connectivity index (χ3v) is 5.46. The number of anilines is 2. The van der Waals surface area contributed by atoms with Gasteiger partial charge in [0.25, 0.3) is 5.56 Å². The number of alkyl halides is 3. The number of ether oxygens (including phenoxy) is 1. The Labute approximate surface area is 204 Å². The van der Waals surface area contributed by atoms with E-state index in [-0.39, 0.29) is 50.2 Å². The Morgan fingerprint density at radius 3 is 2.57 bits per heavy atom. The molecular weight excluding hydrogens is 512 g/mol. The summed E-state index contributed by atoms with van der Waals surface area (Å²) in [5.74, 6) is 0.149. The number of nitrogens with one attached hydrogen (secondary N) is 1. The lowest BCUT2D eigenvalue weighted by Crippen LogP contribution is -2.23. The number of halogens is 5. The summed E-state index contributed by atoms with van der Waals surface area (Å²) in [5.41, 5.74) is 4.22. The molecule has 4 aromatic rings. The Bertz CT molecular complexity index is 1530. The summed E-state index contributed by atoms with van der Waals surface area (Å²) in [6, 6.07) is 0.703. The number of hydrogen-bond acceptors (Lipinski definition) is 8. The van der Waals surface area contributed by atoms with Gasteiger partial charge in [0.05, 0.1) is 11.8 Å². The minimum atomic E-state index is -4.65. The van der Waals surface area contributed by atoms with Crippen LogP contribution in [-0.2, 0) is 20.3 Å². The summed E-state index contributed by atoms with van der Waals surface area (Å²) < 4.78 is 47.6. The van der Waals surface area contributed by atoms with Gasteiger partial charge in [0, 0.05) is 38.9 Å². The van der Waals surface area contributed by atoms with Gasteiger partial charge in [-0.05, 0) is 6.07 Å². The Morgan fingerprint density at radius 2 is 1.91 bits per heavy atom. The Morgan fingerprint density at radius 1 is 1.20 bits per heavy atom. The van der Waals surface area contributed by atoms with Crippen molar-refractivity contribution in [2.45, 2.75) is 6.18 Å². The minimum Gasteiger partial charge on any atom is -0.450 e. The monoisotopic (exact) mass is 526 g/mol. The van der Waals surface area contributed by atoms with Gasteiger partial charge in [0.1, 0.15) is 21.9 Å². The van der Waals surface area contributed by atoms with Crippen LogP contribution in [0.5, 0.6) is 5.75 Å². The first kappa shape index (κ1) is 24.3. The Balaban J connectivity index is 1.73. The smallest absolute Gasteiger partial charge is 0.417 e. The molecule has 35 heavy (non-hydrogen) atoms. The summed E-state index contributed by atoms with van der Waals surface area (Å²) in [4.78, 5) is 28.8. The number of pyridine rings is 2. The van der Waals surface area contributed by atoms with Crippen LogP contribution in [0.3, 0.4) is 0 Å². The lowest BCUT2D eigenvalue weighted by atomic mass is 10.2. The fourth-order valence-corrected chi connectivity index (χ4v) is 3.64. The molecule has 0 atom stereocenters. The van der Waals surface area contributed by atoms with E-state index in [4.69, 9.17) is 33.7 Å². The highest BCUT2D eigenvalue weighted by Gasteiger charge is 2.32. The molecule has 0 spiro atoms. The van der Waals surface area contributed by atoms with Crippen molar-refractivity contribution in [3.05, 3.63) is 68.8 Å². The SMILES string of the molecule is Cn1cc(C(F)(F)F)cc(Nc2nc3ncc(OC(=CN)c4nccnc4Cl)c(Cl)c3n2C)c1=O. The summed E-state index contributed by atoms with van der Waals surface area (Å²) >= 11 is 12.6. The van der Waals surface area contributed by atoms with Gasteiger partial charge in [-0.2, -0.15) is 18.2 Å². The zero-order valence-electron chi connectivity index (χ0n) is 17.9. The fraction of sp³-hybridized carbons (Fsp3) is 0.150. The molecule has 0 aromatic carbocycles. The number of rotatable bonds is 5. The van der Waals surface area contributed by atoms with Crippen LogP contribution in [-0.4, -0.2) is 29.1 Å². The third-order valence-electron chi connectivity index (χ3n) is 4.82. The number of nitrogens with two attached hydrogens (primary N) is 1. The van der Waals surface area contributed by atoms with Crippen LogP contribution in [0.1, 0.15) is 11.3 Å². The van der Waals surface area contributed by atoms with E-state index >= 15 is 0 Å². The van der Waals surface area contributed by atoms with E-state index < -0.39 is 17.3 Å². The molecule has 0 saturated carbocycles. The molecule has 0 radical (unpaired) electrons. The molecule has 10 nitrogen and oxygen atoms in total.